The molecule has 29 heavy (non-hydrogen) atoms. The summed E-state index contributed by atoms with van der Waals surface area (Å²) in [7, 11) is 1.67. The van der Waals surface area contributed by atoms with Crippen LogP contribution in [0, 0.1) is 5.92 Å². The van der Waals surface area contributed by atoms with Crippen molar-refractivity contribution in [1.29, 1.82) is 0 Å². The van der Waals surface area contributed by atoms with Crippen LogP contribution in [0.15, 0.2) is 54.6 Å². The Hall–Kier alpha value is -2.82. The van der Waals surface area contributed by atoms with E-state index in [0.29, 0.717) is 25.9 Å². The molecule has 0 spiro atoms. The minimum absolute atomic E-state index is 0.0322. The molecule has 1 fully saturated rings. The molecular formula is C24H30N2O3. The number of methoxy groups -OCH3 is 1. The van der Waals surface area contributed by atoms with E-state index in [2.05, 4.69) is 11.4 Å². The topological polar surface area (TPSA) is 58.6 Å². The van der Waals surface area contributed by atoms with Gasteiger partial charge in [0.1, 0.15) is 5.75 Å². The van der Waals surface area contributed by atoms with Crippen LogP contribution < -0.4 is 10.1 Å². The third kappa shape index (κ3) is 4.97. The smallest absolute Gasteiger partial charge is 0.225 e. The molecular weight excluding hydrogens is 364 g/mol. The summed E-state index contributed by atoms with van der Waals surface area (Å²) in [6.45, 7) is 3.19. The summed E-state index contributed by atoms with van der Waals surface area (Å²) in [5.74, 6) is 0.820. The maximum Gasteiger partial charge on any atom is 0.225 e. The number of carbonyl (C=O) groups is 2. The zero-order chi connectivity index (χ0) is 20.6. The first-order valence-corrected chi connectivity index (χ1v) is 10.4. The Morgan fingerprint density at radius 2 is 1.86 bits per heavy atom. The molecule has 1 heterocycles. The van der Waals surface area contributed by atoms with Crippen LogP contribution in [-0.2, 0) is 16.0 Å². The van der Waals surface area contributed by atoms with Crippen LogP contribution in [0.3, 0.4) is 0 Å². The van der Waals surface area contributed by atoms with Gasteiger partial charge < -0.3 is 15.0 Å². The fraction of sp³-hybridized carbons (Fsp3) is 0.417. The monoisotopic (exact) mass is 394 g/mol. The van der Waals surface area contributed by atoms with Crippen LogP contribution >= 0.6 is 0 Å². The highest BCUT2D eigenvalue weighted by Gasteiger charge is 2.39. The first kappa shape index (κ1) is 20.9. The van der Waals surface area contributed by atoms with E-state index in [1.165, 1.54) is 0 Å². The van der Waals surface area contributed by atoms with Gasteiger partial charge in [-0.05, 0) is 43.4 Å². The molecule has 0 aromatic heterocycles. The van der Waals surface area contributed by atoms with Crippen LogP contribution in [0.1, 0.15) is 43.4 Å². The van der Waals surface area contributed by atoms with Gasteiger partial charge in [0.05, 0.1) is 19.1 Å². The minimum Gasteiger partial charge on any atom is -0.496 e. The van der Waals surface area contributed by atoms with Gasteiger partial charge >= 0.3 is 0 Å². The van der Waals surface area contributed by atoms with Gasteiger partial charge in [-0.15, -0.1) is 0 Å². The predicted molar refractivity (Wildman–Crippen MR) is 114 cm³/mol. The molecule has 3 rings (SSSR count). The van der Waals surface area contributed by atoms with E-state index in [4.69, 9.17) is 4.74 Å². The Labute approximate surface area is 173 Å². The van der Waals surface area contributed by atoms with Gasteiger partial charge in [-0.25, -0.2) is 0 Å². The van der Waals surface area contributed by atoms with E-state index in [1.807, 2.05) is 60.4 Å². The normalized spacial score (nSPS) is 19.1. The Kier molecular flexibility index (Phi) is 7.28. The Balaban J connectivity index is 1.63. The molecule has 1 saturated heterocycles. The van der Waals surface area contributed by atoms with E-state index in [1.54, 1.807) is 7.11 Å². The van der Waals surface area contributed by atoms with Crippen LogP contribution in [0.2, 0.25) is 0 Å². The highest BCUT2D eigenvalue weighted by molar-refractivity contribution is 5.85. The lowest BCUT2D eigenvalue weighted by Crippen LogP contribution is -2.48. The molecule has 0 bridgehead atoms. The lowest BCUT2D eigenvalue weighted by Gasteiger charge is -2.40. The first-order valence-electron chi connectivity index (χ1n) is 10.4. The fourth-order valence-electron chi connectivity index (χ4n) is 4.19. The van der Waals surface area contributed by atoms with Crippen molar-refractivity contribution >= 4 is 11.8 Å². The SMILES string of the molecule is CCN1C(=O)CC[C@@H](C(=O)NCCCc2ccccc2OC)[C@@H]1c1ccccc1. The number of para-hydroxylation sites is 1. The molecule has 5 heteroatoms. The largest absolute Gasteiger partial charge is 0.496 e. The zero-order valence-electron chi connectivity index (χ0n) is 17.3. The summed E-state index contributed by atoms with van der Waals surface area (Å²) in [5, 5.41) is 3.10. The number of rotatable bonds is 8. The van der Waals surface area contributed by atoms with Crippen molar-refractivity contribution in [2.75, 3.05) is 20.2 Å². The van der Waals surface area contributed by atoms with Crippen molar-refractivity contribution < 1.29 is 14.3 Å². The van der Waals surface area contributed by atoms with E-state index >= 15 is 0 Å². The Morgan fingerprint density at radius 1 is 1.14 bits per heavy atom. The average molecular weight is 395 g/mol. The number of aryl methyl sites for hydroxylation is 1. The van der Waals surface area contributed by atoms with Gasteiger partial charge in [0.25, 0.3) is 0 Å². The maximum absolute atomic E-state index is 13.0. The number of amides is 2. The Morgan fingerprint density at radius 3 is 2.59 bits per heavy atom. The summed E-state index contributed by atoms with van der Waals surface area (Å²) < 4.78 is 5.39. The Bertz CT molecular complexity index is 822. The molecule has 0 radical (unpaired) electrons. The van der Waals surface area contributed by atoms with Crippen molar-refractivity contribution in [1.82, 2.24) is 10.2 Å². The fourth-order valence-corrected chi connectivity index (χ4v) is 4.19. The van der Waals surface area contributed by atoms with E-state index < -0.39 is 0 Å². The number of ether oxygens (including phenoxy) is 1. The van der Waals surface area contributed by atoms with Gasteiger partial charge in [0.15, 0.2) is 0 Å². The number of carbonyl (C=O) groups excluding carboxylic acids is 2. The molecule has 0 unspecified atom stereocenters. The van der Waals surface area contributed by atoms with Crippen LogP contribution in [0.4, 0.5) is 0 Å². The number of likely N-dealkylation sites (tertiary alicyclic amines) is 1. The van der Waals surface area contributed by atoms with Gasteiger partial charge in [-0.3, -0.25) is 9.59 Å². The molecule has 2 atom stereocenters. The quantitative estimate of drug-likeness (QED) is 0.694. The highest BCUT2D eigenvalue weighted by atomic mass is 16.5. The summed E-state index contributed by atoms with van der Waals surface area (Å²) in [6.07, 6.45) is 2.70. The third-order valence-corrected chi connectivity index (χ3v) is 5.64. The summed E-state index contributed by atoms with van der Waals surface area (Å²) >= 11 is 0. The van der Waals surface area contributed by atoms with Crippen LogP contribution in [0.25, 0.3) is 0 Å². The second kappa shape index (κ2) is 10.1. The van der Waals surface area contributed by atoms with Crippen LogP contribution in [0.5, 0.6) is 5.75 Å². The van der Waals surface area contributed by atoms with Crippen molar-refractivity contribution in [2.24, 2.45) is 5.92 Å². The number of piperidine rings is 1. The molecule has 0 saturated carbocycles. The van der Waals surface area contributed by atoms with Crippen molar-refractivity contribution in [3.63, 3.8) is 0 Å². The van der Waals surface area contributed by atoms with Gasteiger partial charge in [-0.1, -0.05) is 48.5 Å². The van der Waals surface area contributed by atoms with E-state index in [9.17, 15) is 9.59 Å². The highest BCUT2D eigenvalue weighted by Crippen LogP contribution is 2.36. The molecule has 1 aliphatic rings. The second-order valence-electron chi connectivity index (χ2n) is 7.39. The van der Waals surface area contributed by atoms with E-state index in [0.717, 1.165) is 29.7 Å². The maximum atomic E-state index is 13.0. The molecule has 1 aliphatic heterocycles. The average Bonchev–Trinajstić information content (AvgIpc) is 2.77. The number of nitrogens with one attached hydrogen (secondary N) is 1. The molecule has 1 N–H and O–H groups in total. The first-order chi connectivity index (χ1) is 14.2. The molecule has 2 aromatic carbocycles. The van der Waals surface area contributed by atoms with Crippen molar-refractivity contribution in [2.45, 2.75) is 38.6 Å². The van der Waals surface area contributed by atoms with Crippen LogP contribution in [-0.4, -0.2) is 36.9 Å². The van der Waals surface area contributed by atoms with Gasteiger partial charge in [0, 0.05) is 19.5 Å². The number of nitrogens with zero attached hydrogens (tertiary/aromatic N) is 1. The zero-order valence-corrected chi connectivity index (χ0v) is 17.3. The van der Waals surface area contributed by atoms with Gasteiger partial charge in [0.2, 0.25) is 11.8 Å². The number of hydrogen-bond donors (Lipinski definition) is 1. The van der Waals surface area contributed by atoms with Gasteiger partial charge in [-0.2, -0.15) is 0 Å². The number of benzene rings is 2. The predicted octanol–water partition coefficient (Wildman–Crippen LogP) is 3.74. The van der Waals surface area contributed by atoms with E-state index in [-0.39, 0.29) is 23.8 Å². The molecule has 2 amide bonds. The minimum atomic E-state index is -0.221. The molecule has 0 aliphatic carbocycles. The molecule has 2 aromatic rings. The summed E-state index contributed by atoms with van der Waals surface area (Å²) in [5.41, 5.74) is 2.17. The summed E-state index contributed by atoms with van der Waals surface area (Å²) in [6, 6.07) is 17.7. The third-order valence-electron chi connectivity index (χ3n) is 5.64. The lowest BCUT2D eigenvalue weighted by atomic mass is 9.83. The molecule has 5 nitrogen and oxygen atoms in total. The van der Waals surface area contributed by atoms with Crippen molar-refractivity contribution in [3.05, 3.63) is 65.7 Å². The standard InChI is InChI=1S/C24H30N2O3/c1-3-26-22(27)16-15-20(23(26)19-11-5-4-6-12-19)24(28)25-17-9-13-18-10-7-8-14-21(18)29-2/h4-8,10-12,14,20,23H,3,9,13,15-17H2,1-2H3,(H,25,28)/t20-,23+/m1/s1. The second-order valence-corrected chi connectivity index (χ2v) is 7.39. The lowest BCUT2D eigenvalue weighted by molar-refractivity contribution is -0.143. The van der Waals surface area contributed by atoms with Crippen molar-refractivity contribution in [3.8, 4) is 5.75 Å². The molecule has 154 valence electrons. The summed E-state index contributed by atoms with van der Waals surface area (Å²) in [4.78, 5) is 27.3. The number of hydrogen-bond acceptors (Lipinski definition) is 3.